The van der Waals surface area contributed by atoms with Gasteiger partial charge in [-0.2, -0.15) is 0 Å². The Hall–Kier alpha value is -0.970. The van der Waals surface area contributed by atoms with E-state index in [1.807, 2.05) is 12.1 Å². The number of likely N-dealkylation sites (tertiary alicyclic amines) is 1. The molecule has 0 radical (unpaired) electrons. The Morgan fingerprint density at radius 3 is 2.74 bits per heavy atom. The maximum atomic E-state index is 12.6. The van der Waals surface area contributed by atoms with Crippen LogP contribution in [0.25, 0.3) is 0 Å². The van der Waals surface area contributed by atoms with Crippen LogP contribution >= 0.6 is 24.8 Å². The average molecular weight is 360 g/mol. The summed E-state index contributed by atoms with van der Waals surface area (Å²) in [5, 5.41) is 6.62. The summed E-state index contributed by atoms with van der Waals surface area (Å²) in [6.45, 7) is 6.50. The zero-order valence-corrected chi connectivity index (χ0v) is 15.3. The number of rotatable bonds is 3. The Morgan fingerprint density at radius 1 is 1.30 bits per heavy atom. The minimum absolute atomic E-state index is 0. The quantitative estimate of drug-likeness (QED) is 0.871. The van der Waals surface area contributed by atoms with E-state index in [0.29, 0.717) is 6.04 Å². The van der Waals surface area contributed by atoms with Gasteiger partial charge in [0.15, 0.2) is 0 Å². The maximum absolute atomic E-state index is 12.6. The van der Waals surface area contributed by atoms with E-state index in [9.17, 15) is 4.79 Å². The molecule has 6 heteroatoms. The number of amides is 1. The number of hydrogen-bond donors (Lipinski definition) is 2. The standard InChI is InChI=1S/C17H25N3O.2ClH/c1-2-20-11-8-13(9-12-20)19-17(21)15-5-3-7-16-14(15)6-4-10-18-16;;/h3,5,7,13,18H,2,4,6,8-12H2,1H3,(H,19,21);2*1H. The van der Waals surface area contributed by atoms with Crippen LogP contribution in [0.5, 0.6) is 0 Å². The van der Waals surface area contributed by atoms with E-state index in [-0.39, 0.29) is 30.7 Å². The number of nitrogens with one attached hydrogen (secondary N) is 2. The maximum Gasteiger partial charge on any atom is 0.251 e. The molecule has 23 heavy (non-hydrogen) atoms. The van der Waals surface area contributed by atoms with Gasteiger partial charge >= 0.3 is 0 Å². The zero-order valence-electron chi connectivity index (χ0n) is 13.6. The number of piperidine rings is 1. The van der Waals surface area contributed by atoms with Crippen LogP contribution in [0.15, 0.2) is 18.2 Å². The molecular weight excluding hydrogens is 333 g/mol. The average Bonchev–Trinajstić information content (AvgIpc) is 2.55. The highest BCUT2D eigenvalue weighted by Crippen LogP contribution is 2.25. The lowest BCUT2D eigenvalue weighted by atomic mass is 9.96. The number of halogens is 2. The van der Waals surface area contributed by atoms with Gasteiger partial charge in [-0.05, 0) is 49.9 Å². The fourth-order valence-corrected chi connectivity index (χ4v) is 3.38. The van der Waals surface area contributed by atoms with Gasteiger partial charge in [0, 0.05) is 36.9 Å². The van der Waals surface area contributed by atoms with Crippen molar-refractivity contribution in [3.05, 3.63) is 29.3 Å². The van der Waals surface area contributed by atoms with Gasteiger partial charge in [0.25, 0.3) is 5.91 Å². The van der Waals surface area contributed by atoms with Crippen LogP contribution in [0.2, 0.25) is 0 Å². The smallest absolute Gasteiger partial charge is 0.251 e. The van der Waals surface area contributed by atoms with Crippen LogP contribution in [-0.4, -0.2) is 43.0 Å². The van der Waals surface area contributed by atoms with Crippen molar-refractivity contribution in [1.29, 1.82) is 0 Å². The molecule has 1 fully saturated rings. The van der Waals surface area contributed by atoms with Crippen LogP contribution in [0.1, 0.15) is 42.1 Å². The van der Waals surface area contributed by atoms with Gasteiger partial charge in [-0.1, -0.05) is 13.0 Å². The number of nitrogens with zero attached hydrogens (tertiary/aromatic N) is 1. The Bertz CT molecular complexity index is 517. The fraction of sp³-hybridized carbons (Fsp3) is 0.588. The van der Waals surface area contributed by atoms with E-state index in [1.54, 1.807) is 0 Å². The van der Waals surface area contributed by atoms with Crippen LogP contribution in [0, 0.1) is 0 Å². The number of anilines is 1. The number of carbonyl (C=O) groups excluding carboxylic acids is 1. The molecule has 1 aromatic rings. The van der Waals surface area contributed by atoms with E-state index in [2.05, 4.69) is 28.5 Å². The van der Waals surface area contributed by atoms with Crippen molar-refractivity contribution in [1.82, 2.24) is 10.2 Å². The molecule has 3 rings (SSSR count). The number of hydrogen-bond acceptors (Lipinski definition) is 3. The Morgan fingerprint density at radius 2 is 2.04 bits per heavy atom. The van der Waals surface area contributed by atoms with Crippen molar-refractivity contribution in [2.45, 2.75) is 38.6 Å². The summed E-state index contributed by atoms with van der Waals surface area (Å²) in [4.78, 5) is 15.0. The third-order valence-electron chi connectivity index (χ3n) is 4.71. The minimum atomic E-state index is 0. The molecule has 2 heterocycles. The summed E-state index contributed by atoms with van der Waals surface area (Å²) in [5.74, 6) is 0.102. The van der Waals surface area contributed by atoms with Gasteiger partial charge < -0.3 is 15.5 Å². The molecule has 2 N–H and O–H groups in total. The second-order valence-corrected chi connectivity index (χ2v) is 6.04. The Labute approximate surface area is 151 Å². The summed E-state index contributed by atoms with van der Waals surface area (Å²) in [6, 6.07) is 6.34. The highest BCUT2D eigenvalue weighted by Gasteiger charge is 2.22. The Balaban J connectivity index is 0.00000132. The van der Waals surface area contributed by atoms with Gasteiger partial charge in [-0.15, -0.1) is 24.8 Å². The van der Waals surface area contributed by atoms with Crippen molar-refractivity contribution in [2.24, 2.45) is 0 Å². The molecular formula is C17H27Cl2N3O. The van der Waals surface area contributed by atoms with Crippen molar-refractivity contribution >= 4 is 36.4 Å². The predicted octanol–water partition coefficient (Wildman–Crippen LogP) is 3.10. The molecule has 0 unspecified atom stereocenters. The van der Waals surface area contributed by atoms with Gasteiger partial charge in [0.05, 0.1) is 0 Å². The first-order chi connectivity index (χ1) is 10.3. The third kappa shape index (κ3) is 4.75. The predicted molar refractivity (Wildman–Crippen MR) is 100 cm³/mol. The van der Waals surface area contributed by atoms with Crippen LogP contribution in [0.3, 0.4) is 0 Å². The summed E-state index contributed by atoms with van der Waals surface area (Å²) < 4.78 is 0. The van der Waals surface area contributed by atoms with Crippen molar-refractivity contribution in [3.8, 4) is 0 Å². The largest absolute Gasteiger partial charge is 0.385 e. The lowest BCUT2D eigenvalue weighted by molar-refractivity contribution is 0.0911. The second kappa shape index (κ2) is 9.36. The van der Waals surface area contributed by atoms with E-state index >= 15 is 0 Å². The first-order valence-electron chi connectivity index (χ1n) is 8.17. The molecule has 1 aromatic carbocycles. The van der Waals surface area contributed by atoms with E-state index < -0.39 is 0 Å². The summed E-state index contributed by atoms with van der Waals surface area (Å²) in [5.41, 5.74) is 3.18. The van der Waals surface area contributed by atoms with Gasteiger partial charge in [-0.25, -0.2) is 0 Å². The molecule has 0 aliphatic carbocycles. The molecule has 2 aliphatic rings. The molecule has 1 saturated heterocycles. The fourth-order valence-electron chi connectivity index (χ4n) is 3.38. The highest BCUT2D eigenvalue weighted by molar-refractivity contribution is 5.97. The van der Waals surface area contributed by atoms with Crippen molar-refractivity contribution < 1.29 is 4.79 Å². The van der Waals surface area contributed by atoms with E-state index in [1.165, 1.54) is 5.56 Å². The number of fused-ring (bicyclic) bond motifs is 1. The third-order valence-corrected chi connectivity index (χ3v) is 4.71. The van der Waals surface area contributed by atoms with E-state index in [4.69, 9.17) is 0 Å². The molecule has 0 aromatic heterocycles. The number of benzene rings is 1. The summed E-state index contributed by atoms with van der Waals surface area (Å²) in [7, 11) is 0. The van der Waals surface area contributed by atoms with Gasteiger partial charge in [-0.3, -0.25) is 4.79 Å². The topological polar surface area (TPSA) is 44.4 Å². The first-order valence-corrected chi connectivity index (χ1v) is 8.17. The highest BCUT2D eigenvalue weighted by atomic mass is 35.5. The van der Waals surface area contributed by atoms with Crippen LogP contribution in [0.4, 0.5) is 5.69 Å². The summed E-state index contributed by atoms with van der Waals surface area (Å²) in [6.07, 6.45) is 4.23. The van der Waals surface area contributed by atoms with Crippen LogP contribution in [-0.2, 0) is 6.42 Å². The molecule has 2 aliphatic heterocycles. The van der Waals surface area contributed by atoms with Gasteiger partial charge in [0.1, 0.15) is 0 Å². The van der Waals surface area contributed by atoms with E-state index in [0.717, 1.165) is 63.1 Å². The first kappa shape index (κ1) is 20.1. The molecule has 0 atom stereocenters. The van der Waals surface area contributed by atoms with Crippen LogP contribution < -0.4 is 10.6 Å². The SMILES string of the molecule is CCN1CCC(NC(=O)c2cccc3c2CCCN3)CC1.Cl.Cl. The second-order valence-electron chi connectivity index (χ2n) is 6.04. The summed E-state index contributed by atoms with van der Waals surface area (Å²) >= 11 is 0. The molecule has 0 saturated carbocycles. The minimum Gasteiger partial charge on any atom is -0.385 e. The number of carbonyl (C=O) groups is 1. The molecule has 0 spiro atoms. The molecule has 130 valence electrons. The normalized spacial score (nSPS) is 18.0. The lowest BCUT2D eigenvalue weighted by Gasteiger charge is -2.31. The lowest BCUT2D eigenvalue weighted by Crippen LogP contribution is -2.44. The zero-order chi connectivity index (χ0) is 14.7. The molecule has 4 nitrogen and oxygen atoms in total. The monoisotopic (exact) mass is 359 g/mol. The Kier molecular flexibility index (Phi) is 8.17. The van der Waals surface area contributed by atoms with Crippen molar-refractivity contribution in [3.63, 3.8) is 0 Å². The molecule has 0 bridgehead atoms. The molecule has 1 amide bonds. The van der Waals surface area contributed by atoms with Crippen molar-refractivity contribution in [2.75, 3.05) is 31.5 Å². The van der Waals surface area contributed by atoms with Gasteiger partial charge in [0.2, 0.25) is 0 Å².